The average Bonchev–Trinajstić information content (AvgIpc) is 3.48. The van der Waals surface area contributed by atoms with Crippen LogP contribution in [0.1, 0.15) is 54.9 Å². The minimum atomic E-state index is -0.754. The molecule has 1 aliphatic rings. The van der Waals surface area contributed by atoms with E-state index in [0.29, 0.717) is 35.1 Å². The van der Waals surface area contributed by atoms with Crippen LogP contribution in [-0.2, 0) is 4.79 Å². The number of nitrogens with one attached hydrogen (secondary N) is 1. The third-order valence-corrected chi connectivity index (χ3v) is 7.04. The summed E-state index contributed by atoms with van der Waals surface area (Å²) in [5.41, 5.74) is 0.668. The maximum atomic E-state index is 13.3. The molecular weight excluding hydrogens is 452 g/mol. The first-order valence-corrected chi connectivity index (χ1v) is 12.8. The van der Waals surface area contributed by atoms with Crippen molar-refractivity contribution in [1.29, 1.82) is 0 Å². The number of thiophene rings is 1. The van der Waals surface area contributed by atoms with E-state index in [1.165, 1.54) is 16.2 Å². The van der Waals surface area contributed by atoms with Gasteiger partial charge in [0.15, 0.2) is 11.5 Å². The Morgan fingerprint density at radius 1 is 1.18 bits per heavy atom. The van der Waals surface area contributed by atoms with E-state index >= 15 is 0 Å². The summed E-state index contributed by atoms with van der Waals surface area (Å²) < 4.78 is 11.3. The molecule has 1 atom stereocenters. The van der Waals surface area contributed by atoms with Crippen molar-refractivity contribution in [2.75, 3.05) is 39.9 Å². The number of nitrogens with zero attached hydrogens (tertiary/aromatic N) is 1. The zero-order chi connectivity index (χ0) is 24.7. The van der Waals surface area contributed by atoms with Crippen LogP contribution in [0.15, 0.2) is 47.0 Å². The summed E-state index contributed by atoms with van der Waals surface area (Å²) in [6.45, 7) is 10.1. The van der Waals surface area contributed by atoms with E-state index in [-0.39, 0.29) is 11.4 Å². The van der Waals surface area contributed by atoms with Gasteiger partial charge in [0.1, 0.15) is 0 Å². The van der Waals surface area contributed by atoms with Crippen LogP contribution in [-0.4, -0.2) is 56.5 Å². The largest absolute Gasteiger partial charge is 0.868 e. The van der Waals surface area contributed by atoms with Crippen LogP contribution in [0.3, 0.4) is 0 Å². The standard InChI is InChI=1S/C26H34N2O5S/c1-5-15-33-19-12-11-18(17-20(19)32-4)23-22(24(29)21-10-8-16-34-21)25(30)26(31)28(23)14-9-13-27(6-2)7-3/h8,10-12,16-17,23,30H,5-7,9,13-15H2,1-4H3. The summed E-state index contributed by atoms with van der Waals surface area (Å²) in [4.78, 5) is 29.9. The lowest BCUT2D eigenvalue weighted by Crippen LogP contribution is -3.11. The van der Waals surface area contributed by atoms with E-state index in [0.717, 1.165) is 32.5 Å². The molecule has 0 spiro atoms. The highest BCUT2D eigenvalue weighted by Crippen LogP contribution is 2.41. The number of carbonyl (C=O) groups excluding carboxylic acids is 2. The molecule has 1 amide bonds. The summed E-state index contributed by atoms with van der Waals surface area (Å²) >= 11 is 1.27. The van der Waals surface area contributed by atoms with Crippen molar-refractivity contribution in [2.24, 2.45) is 0 Å². The van der Waals surface area contributed by atoms with Gasteiger partial charge in [-0.25, -0.2) is 0 Å². The molecule has 1 aliphatic heterocycles. The van der Waals surface area contributed by atoms with Crippen molar-refractivity contribution in [3.05, 3.63) is 57.5 Å². The van der Waals surface area contributed by atoms with Crippen LogP contribution in [0.25, 0.3) is 0 Å². The van der Waals surface area contributed by atoms with Crippen LogP contribution >= 0.6 is 11.3 Å². The van der Waals surface area contributed by atoms with E-state index < -0.39 is 17.7 Å². The Morgan fingerprint density at radius 2 is 1.94 bits per heavy atom. The Kier molecular flexibility index (Phi) is 9.12. The number of hydrogen-bond acceptors (Lipinski definition) is 6. The van der Waals surface area contributed by atoms with Gasteiger partial charge in [-0.15, -0.1) is 11.3 Å². The van der Waals surface area contributed by atoms with Gasteiger partial charge in [0.25, 0.3) is 0 Å². The first-order chi connectivity index (χ1) is 16.5. The fourth-order valence-corrected chi connectivity index (χ4v) is 4.95. The molecule has 2 aromatic rings. The molecule has 0 saturated carbocycles. The van der Waals surface area contributed by atoms with Crippen LogP contribution in [0, 0.1) is 0 Å². The molecule has 0 saturated heterocycles. The summed E-state index contributed by atoms with van der Waals surface area (Å²) in [7, 11) is 1.55. The topological polar surface area (TPSA) is 83.3 Å². The zero-order valence-corrected chi connectivity index (χ0v) is 21.2. The van der Waals surface area contributed by atoms with Gasteiger partial charge in [0.2, 0.25) is 11.7 Å². The van der Waals surface area contributed by atoms with E-state index in [1.54, 1.807) is 41.7 Å². The normalized spacial score (nSPS) is 16.0. The second kappa shape index (κ2) is 12.0. The molecular formula is C26H34N2O5S. The lowest BCUT2D eigenvalue weighted by Gasteiger charge is -2.28. The number of hydrogen-bond donors (Lipinski definition) is 1. The Bertz CT molecular complexity index is 1010. The van der Waals surface area contributed by atoms with Gasteiger partial charge in [0, 0.05) is 18.5 Å². The number of carbonyl (C=O) groups is 2. The molecule has 7 nitrogen and oxygen atoms in total. The lowest BCUT2D eigenvalue weighted by atomic mass is 9.95. The molecule has 0 fully saturated rings. The molecule has 8 heteroatoms. The van der Waals surface area contributed by atoms with Gasteiger partial charge < -0.3 is 24.4 Å². The third kappa shape index (κ3) is 5.45. The number of benzene rings is 1. The van der Waals surface area contributed by atoms with Gasteiger partial charge in [-0.2, -0.15) is 0 Å². The van der Waals surface area contributed by atoms with Crippen molar-refractivity contribution in [2.45, 2.75) is 39.7 Å². The summed E-state index contributed by atoms with van der Waals surface area (Å²) in [5, 5.41) is 14.9. The summed E-state index contributed by atoms with van der Waals surface area (Å²) in [6, 6.07) is 8.06. The van der Waals surface area contributed by atoms with E-state index in [9.17, 15) is 14.7 Å². The molecule has 0 bridgehead atoms. The van der Waals surface area contributed by atoms with E-state index in [1.807, 2.05) is 13.0 Å². The van der Waals surface area contributed by atoms with Gasteiger partial charge >= 0.3 is 0 Å². The summed E-state index contributed by atoms with van der Waals surface area (Å²) in [6.07, 6.45) is 1.59. The highest BCUT2D eigenvalue weighted by Gasteiger charge is 2.40. The van der Waals surface area contributed by atoms with Crippen molar-refractivity contribution < 1.29 is 29.1 Å². The Balaban J connectivity index is 1.98. The Morgan fingerprint density at radius 3 is 2.56 bits per heavy atom. The second-order valence-corrected chi connectivity index (χ2v) is 9.22. The fourth-order valence-electron chi connectivity index (χ4n) is 4.28. The van der Waals surface area contributed by atoms with Crippen LogP contribution in [0.4, 0.5) is 0 Å². The minimum Gasteiger partial charge on any atom is -0.868 e. The molecule has 34 heavy (non-hydrogen) atoms. The lowest BCUT2D eigenvalue weighted by molar-refractivity contribution is -0.896. The number of amides is 1. The predicted octanol–water partition coefficient (Wildman–Crippen LogP) is 2.24. The number of methoxy groups -OCH3 is 1. The van der Waals surface area contributed by atoms with Gasteiger partial charge in [-0.1, -0.05) is 19.1 Å². The number of rotatable bonds is 13. The Labute approximate surface area is 205 Å². The van der Waals surface area contributed by atoms with Crippen molar-refractivity contribution in [3.8, 4) is 11.5 Å². The first-order valence-electron chi connectivity index (χ1n) is 11.9. The maximum Gasteiger partial charge on any atom is 0.239 e. The van der Waals surface area contributed by atoms with E-state index in [2.05, 4.69) is 13.8 Å². The minimum absolute atomic E-state index is 0.00640. The van der Waals surface area contributed by atoms with Crippen molar-refractivity contribution in [1.82, 2.24) is 4.90 Å². The molecule has 184 valence electrons. The van der Waals surface area contributed by atoms with Crippen LogP contribution < -0.4 is 19.5 Å². The molecule has 1 aromatic carbocycles. The molecule has 0 radical (unpaired) electrons. The molecule has 1 aromatic heterocycles. The average molecular weight is 487 g/mol. The SMILES string of the molecule is CCCOc1ccc(C2C(C(=O)c3cccs3)=C([O-])C(=O)N2CCC[NH+](CC)CC)cc1OC. The fraction of sp³-hybridized carbons (Fsp3) is 0.462. The van der Waals surface area contributed by atoms with Crippen LogP contribution in [0.2, 0.25) is 0 Å². The molecule has 3 rings (SSSR count). The van der Waals surface area contributed by atoms with Crippen LogP contribution in [0.5, 0.6) is 11.5 Å². The monoisotopic (exact) mass is 486 g/mol. The molecule has 1 N–H and O–H groups in total. The highest BCUT2D eigenvalue weighted by molar-refractivity contribution is 7.12. The number of quaternary nitrogens is 1. The molecule has 2 heterocycles. The highest BCUT2D eigenvalue weighted by atomic mass is 32.1. The third-order valence-electron chi connectivity index (χ3n) is 6.17. The number of ether oxygens (including phenoxy) is 2. The van der Waals surface area contributed by atoms with Crippen molar-refractivity contribution in [3.63, 3.8) is 0 Å². The zero-order valence-electron chi connectivity index (χ0n) is 20.4. The maximum absolute atomic E-state index is 13.3. The number of ketones is 1. The van der Waals surface area contributed by atoms with Gasteiger partial charge in [0.05, 0.1) is 44.3 Å². The van der Waals surface area contributed by atoms with Crippen molar-refractivity contribution >= 4 is 23.0 Å². The second-order valence-electron chi connectivity index (χ2n) is 8.27. The number of Topliss-reactive ketones (excluding diaryl/α,β-unsaturated/α-hetero) is 1. The van der Waals surface area contributed by atoms with Gasteiger partial charge in [-0.3, -0.25) is 9.59 Å². The van der Waals surface area contributed by atoms with Gasteiger partial charge in [-0.05, 0) is 55.2 Å². The Hall–Kier alpha value is -2.84. The molecule has 0 aliphatic carbocycles. The predicted molar refractivity (Wildman–Crippen MR) is 130 cm³/mol. The quantitative estimate of drug-likeness (QED) is 0.439. The first kappa shape index (κ1) is 25.8. The summed E-state index contributed by atoms with van der Waals surface area (Å²) in [5.74, 6) is -0.631. The smallest absolute Gasteiger partial charge is 0.239 e. The molecule has 1 unspecified atom stereocenters. The van der Waals surface area contributed by atoms with E-state index in [4.69, 9.17) is 9.47 Å².